The normalized spacial score (nSPS) is 19.8. The summed E-state index contributed by atoms with van der Waals surface area (Å²) in [5.41, 5.74) is 1.23. The van der Waals surface area contributed by atoms with Crippen LogP contribution < -0.4 is 0 Å². The zero-order valence-corrected chi connectivity index (χ0v) is 8.81. The van der Waals surface area contributed by atoms with Crippen molar-refractivity contribution in [2.45, 2.75) is 25.8 Å². The van der Waals surface area contributed by atoms with E-state index < -0.39 is 0 Å². The molecule has 1 heterocycles. The Morgan fingerprint density at radius 2 is 2.13 bits per heavy atom. The van der Waals surface area contributed by atoms with Crippen LogP contribution in [0.15, 0.2) is 29.3 Å². The first-order chi connectivity index (χ1) is 7.24. The van der Waals surface area contributed by atoms with Gasteiger partial charge >= 0.3 is 0 Å². The summed E-state index contributed by atoms with van der Waals surface area (Å²) >= 11 is 0. The van der Waals surface area contributed by atoms with Gasteiger partial charge in [0.1, 0.15) is 12.4 Å². The molecule has 1 atom stereocenters. The fourth-order valence-corrected chi connectivity index (χ4v) is 1.69. The van der Waals surface area contributed by atoms with Crippen LogP contribution in [0.1, 0.15) is 18.9 Å². The number of hydrogen-bond donors (Lipinski definition) is 1. The molecule has 0 unspecified atom stereocenters. The van der Waals surface area contributed by atoms with Crippen molar-refractivity contribution in [2.75, 3.05) is 6.61 Å². The Morgan fingerprint density at radius 1 is 1.40 bits per heavy atom. The van der Waals surface area contributed by atoms with Gasteiger partial charge in [-0.05, 0) is 30.5 Å². The second kappa shape index (κ2) is 4.34. The van der Waals surface area contributed by atoms with Gasteiger partial charge in [0.15, 0.2) is 5.90 Å². The maximum Gasteiger partial charge on any atom is 0.180 e. The molecule has 1 aliphatic rings. The van der Waals surface area contributed by atoms with Gasteiger partial charge in [0.05, 0.1) is 6.04 Å². The third-order valence-electron chi connectivity index (χ3n) is 2.55. The highest BCUT2D eigenvalue weighted by Crippen LogP contribution is 2.15. The molecule has 0 saturated heterocycles. The third-order valence-corrected chi connectivity index (χ3v) is 2.55. The minimum Gasteiger partial charge on any atom is -0.508 e. The van der Waals surface area contributed by atoms with E-state index in [1.807, 2.05) is 19.1 Å². The molecule has 1 aromatic rings. The minimum absolute atomic E-state index is 0.304. The Hall–Kier alpha value is -1.51. The number of benzene rings is 1. The molecule has 0 radical (unpaired) electrons. The van der Waals surface area contributed by atoms with Gasteiger partial charge in [0, 0.05) is 6.92 Å². The molecule has 0 aromatic heterocycles. The molecule has 2 rings (SSSR count). The van der Waals surface area contributed by atoms with E-state index in [-0.39, 0.29) is 0 Å². The first-order valence-corrected chi connectivity index (χ1v) is 5.19. The quantitative estimate of drug-likeness (QED) is 0.821. The summed E-state index contributed by atoms with van der Waals surface area (Å²) in [6, 6.07) is 7.63. The minimum atomic E-state index is 0.304. The van der Waals surface area contributed by atoms with Crippen LogP contribution in [-0.4, -0.2) is 23.7 Å². The van der Waals surface area contributed by atoms with Gasteiger partial charge < -0.3 is 9.84 Å². The largest absolute Gasteiger partial charge is 0.508 e. The van der Waals surface area contributed by atoms with E-state index in [4.69, 9.17) is 9.84 Å². The molecule has 3 nitrogen and oxygen atoms in total. The molecule has 0 amide bonds. The summed E-state index contributed by atoms with van der Waals surface area (Å²) in [4.78, 5) is 4.37. The van der Waals surface area contributed by atoms with E-state index in [1.54, 1.807) is 12.1 Å². The van der Waals surface area contributed by atoms with Crippen LogP contribution in [0, 0.1) is 0 Å². The number of ether oxygens (including phenoxy) is 1. The molecule has 0 bridgehead atoms. The number of nitrogens with zero attached hydrogens (tertiary/aromatic N) is 1. The SMILES string of the molecule is CC1=N[C@H](CCc2ccc(O)cc2)CO1. The van der Waals surface area contributed by atoms with Crippen LogP contribution in [0.2, 0.25) is 0 Å². The van der Waals surface area contributed by atoms with Gasteiger partial charge in [-0.2, -0.15) is 0 Å². The van der Waals surface area contributed by atoms with Crippen LogP contribution >= 0.6 is 0 Å². The number of hydrogen-bond acceptors (Lipinski definition) is 3. The zero-order chi connectivity index (χ0) is 10.7. The van der Waals surface area contributed by atoms with Crippen LogP contribution in [-0.2, 0) is 11.2 Å². The van der Waals surface area contributed by atoms with Crippen molar-refractivity contribution in [1.29, 1.82) is 0 Å². The Bertz CT molecular complexity index is 356. The number of phenolic OH excluding ortho intramolecular Hbond substituents is 1. The Kier molecular flexibility index (Phi) is 2.90. The van der Waals surface area contributed by atoms with Crippen molar-refractivity contribution in [2.24, 2.45) is 4.99 Å². The number of phenols is 1. The third kappa shape index (κ3) is 2.72. The van der Waals surface area contributed by atoms with E-state index in [1.165, 1.54) is 5.56 Å². The monoisotopic (exact) mass is 205 g/mol. The predicted molar refractivity (Wildman–Crippen MR) is 59.3 cm³/mol. The first-order valence-electron chi connectivity index (χ1n) is 5.19. The predicted octanol–water partition coefficient (Wildman–Crippen LogP) is 2.14. The Labute approximate surface area is 89.4 Å². The van der Waals surface area contributed by atoms with Gasteiger partial charge in [0.2, 0.25) is 0 Å². The molecule has 0 saturated carbocycles. The number of aryl methyl sites for hydroxylation is 1. The highest BCUT2D eigenvalue weighted by molar-refractivity contribution is 5.74. The summed E-state index contributed by atoms with van der Waals surface area (Å²) in [5.74, 6) is 1.11. The fourth-order valence-electron chi connectivity index (χ4n) is 1.69. The first kappa shape index (κ1) is 10.0. The molecule has 3 heteroatoms. The van der Waals surface area contributed by atoms with Crippen LogP contribution in [0.4, 0.5) is 0 Å². The second-order valence-corrected chi connectivity index (χ2v) is 3.82. The van der Waals surface area contributed by atoms with E-state index in [9.17, 15) is 0 Å². The molecule has 1 aromatic carbocycles. The Balaban J connectivity index is 1.86. The van der Waals surface area contributed by atoms with Gasteiger partial charge in [0.25, 0.3) is 0 Å². The molecular weight excluding hydrogens is 190 g/mol. The lowest BCUT2D eigenvalue weighted by Crippen LogP contribution is -2.07. The average molecular weight is 205 g/mol. The van der Waals surface area contributed by atoms with Crippen molar-refractivity contribution in [3.63, 3.8) is 0 Å². The smallest absolute Gasteiger partial charge is 0.180 e. The van der Waals surface area contributed by atoms with Crippen LogP contribution in [0.5, 0.6) is 5.75 Å². The van der Waals surface area contributed by atoms with E-state index >= 15 is 0 Å². The number of aromatic hydroxyl groups is 1. The van der Waals surface area contributed by atoms with Gasteiger partial charge in [-0.3, -0.25) is 0 Å². The molecule has 80 valence electrons. The number of aliphatic imine (C=N–C) groups is 1. The topological polar surface area (TPSA) is 41.8 Å². The highest BCUT2D eigenvalue weighted by Gasteiger charge is 2.15. The zero-order valence-electron chi connectivity index (χ0n) is 8.81. The summed E-state index contributed by atoms with van der Waals surface area (Å²) in [6.07, 6.45) is 1.98. The van der Waals surface area contributed by atoms with Crippen molar-refractivity contribution in [3.05, 3.63) is 29.8 Å². The van der Waals surface area contributed by atoms with Gasteiger partial charge in [-0.1, -0.05) is 12.1 Å². The summed E-state index contributed by atoms with van der Waals surface area (Å²) in [5, 5.41) is 9.13. The van der Waals surface area contributed by atoms with Crippen LogP contribution in [0.3, 0.4) is 0 Å². The molecule has 0 spiro atoms. The molecule has 1 N–H and O–H groups in total. The molecule has 15 heavy (non-hydrogen) atoms. The van der Waals surface area contributed by atoms with Crippen molar-refractivity contribution in [3.8, 4) is 5.75 Å². The van der Waals surface area contributed by atoms with E-state index in [0.717, 1.165) is 18.7 Å². The average Bonchev–Trinajstić information content (AvgIpc) is 2.64. The standard InChI is InChI=1S/C12H15NO2/c1-9-13-11(8-15-9)5-2-10-3-6-12(14)7-4-10/h3-4,6-7,11,14H,2,5,8H2,1H3/t11-/m1/s1. The van der Waals surface area contributed by atoms with E-state index in [0.29, 0.717) is 18.4 Å². The lowest BCUT2D eigenvalue weighted by molar-refractivity contribution is 0.309. The van der Waals surface area contributed by atoms with Crippen LogP contribution in [0.25, 0.3) is 0 Å². The van der Waals surface area contributed by atoms with Crippen molar-refractivity contribution in [1.82, 2.24) is 0 Å². The highest BCUT2D eigenvalue weighted by atomic mass is 16.5. The number of rotatable bonds is 3. The second-order valence-electron chi connectivity index (χ2n) is 3.82. The summed E-state index contributed by atoms with van der Waals surface area (Å²) < 4.78 is 5.28. The molecule has 0 fully saturated rings. The van der Waals surface area contributed by atoms with Crippen molar-refractivity contribution >= 4 is 5.90 Å². The fraction of sp³-hybridized carbons (Fsp3) is 0.417. The molecule has 1 aliphatic heterocycles. The molecule has 0 aliphatic carbocycles. The van der Waals surface area contributed by atoms with E-state index in [2.05, 4.69) is 4.99 Å². The maximum absolute atomic E-state index is 9.13. The lowest BCUT2D eigenvalue weighted by Gasteiger charge is -2.05. The van der Waals surface area contributed by atoms with Gasteiger partial charge in [-0.15, -0.1) is 0 Å². The summed E-state index contributed by atoms with van der Waals surface area (Å²) in [7, 11) is 0. The summed E-state index contributed by atoms with van der Waals surface area (Å²) in [6.45, 7) is 2.60. The maximum atomic E-state index is 9.13. The molecular formula is C12H15NO2. The van der Waals surface area contributed by atoms with Crippen molar-refractivity contribution < 1.29 is 9.84 Å². The van der Waals surface area contributed by atoms with Gasteiger partial charge in [-0.25, -0.2) is 4.99 Å². The lowest BCUT2D eigenvalue weighted by atomic mass is 10.1. The Morgan fingerprint density at radius 3 is 2.73 bits per heavy atom.